The van der Waals surface area contributed by atoms with Crippen LogP contribution in [0.25, 0.3) is 6.08 Å². The number of methoxy groups -OCH3 is 1. The molecule has 0 saturated carbocycles. The number of carbonyl (C=O) groups is 1. The first-order chi connectivity index (χ1) is 10.9. The molecule has 0 aliphatic heterocycles. The van der Waals surface area contributed by atoms with E-state index in [1.54, 1.807) is 0 Å². The molecule has 1 heterocycles. The lowest BCUT2D eigenvalue weighted by Gasteiger charge is -2.07. The van der Waals surface area contributed by atoms with Gasteiger partial charge in [-0.15, -0.1) is 5.10 Å². The minimum absolute atomic E-state index is 0.00969. The lowest BCUT2D eigenvalue weighted by Crippen LogP contribution is -1.97. The Balaban J connectivity index is 2.35. The summed E-state index contributed by atoms with van der Waals surface area (Å²) in [4.78, 5) is 15.6. The van der Waals surface area contributed by atoms with Crippen molar-refractivity contribution in [3.8, 4) is 11.5 Å². The fourth-order valence-electron chi connectivity index (χ4n) is 1.70. The molecule has 122 valence electrons. The fourth-order valence-corrected chi connectivity index (χ4v) is 2.64. The van der Waals surface area contributed by atoms with Crippen molar-refractivity contribution in [3.63, 3.8) is 0 Å². The average Bonchev–Trinajstić information content (AvgIpc) is 2.97. The van der Waals surface area contributed by atoms with Crippen LogP contribution in [-0.4, -0.2) is 38.5 Å². The zero-order valence-corrected chi connectivity index (χ0v) is 13.9. The predicted molar refractivity (Wildman–Crippen MR) is 86.9 cm³/mol. The molecule has 2 rings (SSSR count). The number of phenols is 1. The molecule has 7 nitrogen and oxygen atoms in total. The van der Waals surface area contributed by atoms with Crippen molar-refractivity contribution < 1.29 is 19.7 Å². The van der Waals surface area contributed by atoms with Crippen LogP contribution in [0.4, 0.5) is 0 Å². The summed E-state index contributed by atoms with van der Waals surface area (Å²) in [6.45, 7) is 1.91. The molecule has 0 atom stereocenters. The molecular formula is C14H14ClN3O4S. The van der Waals surface area contributed by atoms with E-state index in [9.17, 15) is 15.0 Å². The number of carboxylic acids is 1. The number of rotatable bonds is 6. The first-order valence-electron chi connectivity index (χ1n) is 6.55. The molecular weight excluding hydrogens is 342 g/mol. The molecule has 0 radical (unpaired) electrons. The molecule has 0 aliphatic carbocycles. The van der Waals surface area contributed by atoms with E-state index in [1.807, 2.05) is 6.92 Å². The Morgan fingerprint density at radius 1 is 1.52 bits per heavy atom. The second kappa shape index (κ2) is 7.38. The molecule has 0 aliphatic rings. The van der Waals surface area contributed by atoms with Gasteiger partial charge in [-0.2, -0.15) is 0 Å². The Hall–Kier alpha value is -2.19. The van der Waals surface area contributed by atoms with E-state index in [1.165, 1.54) is 25.3 Å². The molecule has 23 heavy (non-hydrogen) atoms. The summed E-state index contributed by atoms with van der Waals surface area (Å²) < 4.78 is 5.00. The Morgan fingerprint density at radius 3 is 2.83 bits per heavy atom. The van der Waals surface area contributed by atoms with E-state index in [-0.39, 0.29) is 21.4 Å². The maximum atomic E-state index is 11.4. The third kappa shape index (κ3) is 4.17. The lowest BCUT2D eigenvalue weighted by molar-refractivity contribution is -0.131. The number of thioether (sulfide) groups is 1. The summed E-state index contributed by atoms with van der Waals surface area (Å²) in [7, 11) is 1.38. The third-order valence-corrected chi connectivity index (χ3v) is 3.99. The second-order valence-electron chi connectivity index (χ2n) is 4.39. The normalized spacial score (nSPS) is 11.5. The number of hydrogen-bond acceptors (Lipinski definition) is 6. The van der Waals surface area contributed by atoms with Crippen LogP contribution in [0.5, 0.6) is 11.5 Å². The molecule has 1 aromatic carbocycles. The van der Waals surface area contributed by atoms with Crippen LogP contribution < -0.4 is 4.74 Å². The van der Waals surface area contributed by atoms with Gasteiger partial charge in [0.15, 0.2) is 11.5 Å². The van der Waals surface area contributed by atoms with Gasteiger partial charge in [0.05, 0.1) is 12.1 Å². The summed E-state index contributed by atoms with van der Waals surface area (Å²) in [5, 5.41) is 26.1. The molecule has 9 heteroatoms. The monoisotopic (exact) mass is 355 g/mol. The van der Waals surface area contributed by atoms with Crippen molar-refractivity contribution in [1.82, 2.24) is 15.2 Å². The minimum atomic E-state index is -1.12. The number of carboxylic acid groups (broad SMARTS) is 1. The summed E-state index contributed by atoms with van der Waals surface area (Å²) in [6.07, 6.45) is 2.08. The number of aromatic nitrogens is 3. The van der Waals surface area contributed by atoms with Crippen LogP contribution in [0.1, 0.15) is 18.3 Å². The largest absolute Gasteiger partial charge is 0.503 e. The number of H-pyrrole nitrogens is 1. The van der Waals surface area contributed by atoms with Crippen LogP contribution >= 0.6 is 23.4 Å². The zero-order chi connectivity index (χ0) is 17.0. The minimum Gasteiger partial charge on any atom is -0.503 e. The van der Waals surface area contributed by atoms with E-state index in [0.717, 1.165) is 11.8 Å². The molecule has 3 N–H and O–H groups in total. The quantitative estimate of drug-likeness (QED) is 0.540. The van der Waals surface area contributed by atoms with E-state index < -0.39 is 5.97 Å². The zero-order valence-electron chi connectivity index (χ0n) is 12.3. The topological polar surface area (TPSA) is 108 Å². The van der Waals surface area contributed by atoms with Crippen LogP contribution in [-0.2, 0) is 11.2 Å². The second-order valence-corrected chi connectivity index (χ2v) is 5.80. The number of aromatic hydroxyl groups is 1. The fraction of sp³-hybridized carbons (Fsp3) is 0.214. The number of ether oxygens (including phenoxy) is 1. The van der Waals surface area contributed by atoms with Gasteiger partial charge >= 0.3 is 5.97 Å². The van der Waals surface area contributed by atoms with E-state index in [0.29, 0.717) is 23.0 Å². The van der Waals surface area contributed by atoms with Gasteiger partial charge < -0.3 is 14.9 Å². The summed E-state index contributed by atoms with van der Waals surface area (Å²) in [6, 6.07) is 2.93. The summed E-state index contributed by atoms with van der Waals surface area (Å²) >= 11 is 6.81. The van der Waals surface area contributed by atoms with Crippen molar-refractivity contribution in [3.05, 3.63) is 33.4 Å². The number of aryl methyl sites for hydroxylation is 1. The van der Waals surface area contributed by atoms with Gasteiger partial charge in [-0.1, -0.05) is 18.5 Å². The molecule has 0 bridgehead atoms. The number of halogens is 1. The Kier molecular flexibility index (Phi) is 5.51. The van der Waals surface area contributed by atoms with Gasteiger partial charge in [-0.3, -0.25) is 5.10 Å². The molecule has 0 saturated heterocycles. The van der Waals surface area contributed by atoms with Crippen molar-refractivity contribution in [2.24, 2.45) is 0 Å². The standard InChI is InChI=1S/C14H14ClN3O4S/c1-3-11-16-14(18-17-11)23-10(13(20)21)6-7-4-8(15)12(19)9(5-7)22-2/h4-6,19H,3H2,1-2H3,(H,20,21)(H,16,17,18)/b10-6+. The van der Waals surface area contributed by atoms with Gasteiger partial charge in [-0.25, -0.2) is 9.78 Å². The summed E-state index contributed by atoms with van der Waals surface area (Å²) in [5.74, 6) is -0.491. The first kappa shape index (κ1) is 17.2. The van der Waals surface area contributed by atoms with Crippen LogP contribution in [0.3, 0.4) is 0 Å². The number of nitrogens with zero attached hydrogens (tertiary/aromatic N) is 2. The number of benzene rings is 1. The van der Waals surface area contributed by atoms with Crippen molar-refractivity contribution in [2.45, 2.75) is 18.5 Å². The van der Waals surface area contributed by atoms with Gasteiger partial charge in [-0.05, 0) is 35.5 Å². The number of aromatic amines is 1. The van der Waals surface area contributed by atoms with Crippen molar-refractivity contribution in [2.75, 3.05) is 7.11 Å². The molecule has 0 unspecified atom stereocenters. The highest BCUT2D eigenvalue weighted by Crippen LogP contribution is 2.36. The average molecular weight is 356 g/mol. The van der Waals surface area contributed by atoms with Crippen LogP contribution in [0.15, 0.2) is 22.2 Å². The van der Waals surface area contributed by atoms with E-state index in [4.69, 9.17) is 16.3 Å². The van der Waals surface area contributed by atoms with Crippen molar-refractivity contribution >= 4 is 35.4 Å². The van der Waals surface area contributed by atoms with Crippen molar-refractivity contribution in [1.29, 1.82) is 0 Å². The van der Waals surface area contributed by atoms with Crippen LogP contribution in [0, 0.1) is 0 Å². The molecule has 0 spiro atoms. The van der Waals surface area contributed by atoms with Gasteiger partial charge in [0.25, 0.3) is 0 Å². The Labute approximate surface area is 141 Å². The molecule has 1 aromatic heterocycles. The summed E-state index contributed by atoms with van der Waals surface area (Å²) in [5.41, 5.74) is 0.473. The van der Waals surface area contributed by atoms with E-state index in [2.05, 4.69) is 15.2 Å². The highest BCUT2D eigenvalue weighted by molar-refractivity contribution is 8.04. The SMILES string of the molecule is CCc1nc(S/C(=C/c2cc(Cl)c(O)c(OC)c2)C(=O)O)n[nH]1. The molecule has 0 fully saturated rings. The predicted octanol–water partition coefficient (Wildman–Crippen LogP) is 2.95. The Morgan fingerprint density at radius 2 is 2.26 bits per heavy atom. The van der Waals surface area contributed by atoms with Gasteiger partial charge in [0.1, 0.15) is 10.7 Å². The number of hydrogen-bond donors (Lipinski definition) is 3. The van der Waals surface area contributed by atoms with Crippen LogP contribution in [0.2, 0.25) is 5.02 Å². The smallest absolute Gasteiger partial charge is 0.342 e. The lowest BCUT2D eigenvalue weighted by atomic mass is 10.2. The highest BCUT2D eigenvalue weighted by atomic mass is 35.5. The molecule has 2 aromatic rings. The third-order valence-electron chi connectivity index (χ3n) is 2.83. The number of aliphatic carboxylic acids is 1. The van der Waals surface area contributed by atoms with Gasteiger partial charge in [0, 0.05) is 6.42 Å². The van der Waals surface area contributed by atoms with Gasteiger partial charge in [0.2, 0.25) is 5.16 Å². The maximum Gasteiger partial charge on any atom is 0.342 e. The Bertz CT molecular complexity index is 760. The highest BCUT2D eigenvalue weighted by Gasteiger charge is 2.15. The number of phenolic OH excluding ortho intramolecular Hbond substituents is 1. The number of nitrogens with one attached hydrogen (secondary N) is 1. The molecule has 0 amide bonds. The maximum absolute atomic E-state index is 11.4. The first-order valence-corrected chi connectivity index (χ1v) is 7.74. The van der Waals surface area contributed by atoms with E-state index >= 15 is 0 Å².